The molecule has 25 heavy (non-hydrogen) atoms. The number of amides is 1. The van der Waals surface area contributed by atoms with Crippen LogP contribution in [0.1, 0.15) is 10.4 Å². The number of carbonyl (C=O) groups is 1. The molecule has 0 radical (unpaired) electrons. The Kier molecular flexibility index (Phi) is 5.19. The molecule has 1 aliphatic rings. The zero-order valence-electron chi connectivity index (χ0n) is 12.9. The van der Waals surface area contributed by atoms with Crippen LogP contribution in [-0.4, -0.2) is 35.6 Å². The van der Waals surface area contributed by atoms with Gasteiger partial charge in [-0.1, -0.05) is 0 Å². The summed E-state index contributed by atoms with van der Waals surface area (Å²) in [7, 11) is 0. The van der Waals surface area contributed by atoms with E-state index in [1.165, 1.54) is 23.1 Å². The normalized spacial score (nSPS) is 14.4. The average Bonchev–Trinajstić information content (AvgIpc) is 2.53. The van der Waals surface area contributed by atoms with Crippen molar-refractivity contribution < 1.29 is 23.1 Å². The first kappa shape index (κ1) is 18.0. The highest BCUT2D eigenvalue weighted by Gasteiger charge is 2.32. The van der Waals surface area contributed by atoms with E-state index in [2.05, 4.69) is 5.32 Å². The fourth-order valence-electron chi connectivity index (χ4n) is 2.60. The zero-order chi connectivity index (χ0) is 18.1. The summed E-state index contributed by atoms with van der Waals surface area (Å²) in [6, 6.07) is 6.26. The van der Waals surface area contributed by atoms with E-state index in [0.29, 0.717) is 16.7 Å². The van der Waals surface area contributed by atoms with Crippen LogP contribution in [0.4, 0.5) is 24.5 Å². The second-order valence-corrected chi connectivity index (χ2v) is 7.04. The van der Waals surface area contributed by atoms with Gasteiger partial charge in [-0.05, 0) is 52.9 Å². The van der Waals surface area contributed by atoms with Gasteiger partial charge in [-0.25, -0.2) is 13.2 Å². The minimum absolute atomic E-state index is 0.0145. The summed E-state index contributed by atoms with van der Waals surface area (Å²) in [5.74, 6) is -3.54. The Morgan fingerprint density at radius 2 is 1.92 bits per heavy atom. The minimum Gasteiger partial charge on any atom is -0.396 e. The van der Waals surface area contributed by atoms with Crippen LogP contribution in [0.15, 0.2) is 30.3 Å². The number of benzene rings is 2. The van der Waals surface area contributed by atoms with Crippen molar-refractivity contribution in [3.8, 4) is 0 Å². The molecule has 0 atom stereocenters. The molecule has 0 unspecified atom stereocenters. The second kappa shape index (κ2) is 7.20. The minimum atomic E-state index is -1.25. The fourth-order valence-corrected chi connectivity index (χ4v) is 3.05. The molecule has 1 aliphatic heterocycles. The molecule has 2 N–H and O–H groups in total. The molecule has 2 aromatic rings. The Bertz CT molecular complexity index is 826. The first-order valence-electron chi connectivity index (χ1n) is 7.51. The molecular weight excluding hydrogens is 448 g/mol. The van der Waals surface area contributed by atoms with Crippen molar-refractivity contribution in [2.24, 2.45) is 5.92 Å². The van der Waals surface area contributed by atoms with E-state index in [1.54, 1.807) is 6.07 Å². The predicted molar refractivity (Wildman–Crippen MR) is 95.2 cm³/mol. The molecule has 4 nitrogen and oxygen atoms in total. The maximum atomic E-state index is 14.3. The molecule has 3 rings (SSSR count). The molecule has 132 valence electrons. The number of anilines is 2. The van der Waals surface area contributed by atoms with Crippen LogP contribution in [0.25, 0.3) is 0 Å². The number of nitrogens with zero attached hydrogens (tertiary/aromatic N) is 1. The molecular formula is C17H14F3IN2O2. The third-order valence-electron chi connectivity index (χ3n) is 4.02. The van der Waals surface area contributed by atoms with Crippen molar-refractivity contribution >= 4 is 39.9 Å². The third kappa shape index (κ3) is 3.59. The summed E-state index contributed by atoms with van der Waals surface area (Å²) < 4.78 is 42.6. The van der Waals surface area contributed by atoms with Gasteiger partial charge in [0.1, 0.15) is 5.82 Å². The monoisotopic (exact) mass is 462 g/mol. The van der Waals surface area contributed by atoms with Crippen molar-refractivity contribution in [3.05, 3.63) is 56.9 Å². The van der Waals surface area contributed by atoms with Crippen molar-refractivity contribution in [3.63, 3.8) is 0 Å². The van der Waals surface area contributed by atoms with Gasteiger partial charge in [0.05, 0.1) is 16.9 Å². The van der Waals surface area contributed by atoms with Gasteiger partial charge >= 0.3 is 0 Å². The summed E-state index contributed by atoms with van der Waals surface area (Å²) in [5.41, 5.74) is -0.554. The van der Waals surface area contributed by atoms with Gasteiger partial charge in [-0.2, -0.15) is 0 Å². The summed E-state index contributed by atoms with van der Waals surface area (Å²) in [4.78, 5) is 13.9. The lowest BCUT2D eigenvalue weighted by atomic mass is 9.99. The number of carbonyl (C=O) groups excluding carboxylic acids is 1. The lowest BCUT2D eigenvalue weighted by Gasteiger charge is -2.38. The molecule has 0 aliphatic carbocycles. The maximum absolute atomic E-state index is 14.3. The van der Waals surface area contributed by atoms with Crippen molar-refractivity contribution in [1.29, 1.82) is 0 Å². The quantitative estimate of drug-likeness (QED) is 0.685. The van der Waals surface area contributed by atoms with E-state index in [9.17, 15) is 18.0 Å². The summed E-state index contributed by atoms with van der Waals surface area (Å²) in [6.07, 6.45) is 0. The van der Waals surface area contributed by atoms with Crippen LogP contribution in [0, 0.1) is 26.9 Å². The van der Waals surface area contributed by atoms with Crippen LogP contribution in [0.2, 0.25) is 0 Å². The molecule has 0 saturated carbocycles. The Labute approximate surface area is 155 Å². The van der Waals surface area contributed by atoms with Gasteiger partial charge in [0.15, 0.2) is 11.6 Å². The Morgan fingerprint density at radius 3 is 2.56 bits per heavy atom. The van der Waals surface area contributed by atoms with E-state index in [1.807, 2.05) is 22.6 Å². The van der Waals surface area contributed by atoms with Crippen LogP contribution in [0.5, 0.6) is 0 Å². The number of aliphatic hydroxyl groups is 1. The van der Waals surface area contributed by atoms with E-state index in [4.69, 9.17) is 5.11 Å². The maximum Gasteiger partial charge on any atom is 0.256 e. The average molecular weight is 462 g/mol. The largest absolute Gasteiger partial charge is 0.396 e. The van der Waals surface area contributed by atoms with Gasteiger partial charge in [-0.15, -0.1) is 0 Å². The van der Waals surface area contributed by atoms with E-state index < -0.39 is 29.0 Å². The highest BCUT2D eigenvalue weighted by Crippen LogP contribution is 2.30. The fraction of sp³-hybridized carbons (Fsp3) is 0.235. The van der Waals surface area contributed by atoms with Gasteiger partial charge in [-0.3, -0.25) is 4.79 Å². The van der Waals surface area contributed by atoms with Crippen LogP contribution in [-0.2, 0) is 0 Å². The molecule has 1 saturated heterocycles. The first-order chi connectivity index (χ1) is 11.9. The first-order valence-corrected chi connectivity index (χ1v) is 8.58. The number of rotatable bonds is 4. The highest BCUT2D eigenvalue weighted by molar-refractivity contribution is 14.1. The lowest BCUT2D eigenvalue weighted by Crippen LogP contribution is -2.51. The van der Waals surface area contributed by atoms with Crippen molar-refractivity contribution in [1.82, 2.24) is 4.90 Å². The number of hydrogen-bond donors (Lipinski definition) is 2. The molecule has 0 aromatic heterocycles. The topological polar surface area (TPSA) is 52.6 Å². The molecule has 1 heterocycles. The molecule has 2 aromatic carbocycles. The Balaban J connectivity index is 1.94. The standard InChI is InChI=1S/C17H14F3IN2O2/c18-12-3-2-11(17(25)23-6-9(7-23)8-24)16(15(12)20)22-14-4-1-10(21)5-13(14)19/h1-5,9,22,24H,6-8H2. The Hall–Kier alpha value is -1.81. The molecule has 0 spiro atoms. The highest BCUT2D eigenvalue weighted by atomic mass is 127. The molecule has 1 fully saturated rings. The summed E-state index contributed by atoms with van der Waals surface area (Å²) in [5, 5.41) is 11.5. The summed E-state index contributed by atoms with van der Waals surface area (Å²) in [6.45, 7) is 0.637. The number of aliphatic hydroxyl groups excluding tert-OH is 1. The molecule has 8 heteroatoms. The van der Waals surface area contributed by atoms with E-state index >= 15 is 0 Å². The van der Waals surface area contributed by atoms with Crippen molar-refractivity contribution in [2.45, 2.75) is 0 Å². The van der Waals surface area contributed by atoms with Crippen molar-refractivity contribution in [2.75, 3.05) is 25.0 Å². The SMILES string of the molecule is O=C(c1ccc(F)c(F)c1Nc1ccc(I)cc1F)N1CC(CO)C1. The van der Waals surface area contributed by atoms with Gasteiger partial charge in [0.25, 0.3) is 5.91 Å². The number of halogens is 4. The smallest absolute Gasteiger partial charge is 0.256 e. The zero-order valence-corrected chi connectivity index (χ0v) is 15.1. The number of hydrogen-bond acceptors (Lipinski definition) is 3. The Morgan fingerprint density at radius 1 is 1.20 bits per heavy atom. The van der Waals surface area contributed by atoms with Crippen LogP contribution < -0.4 is 5.32 Å². The van der Waals surface area contributed by atoms with Crippen LogP contribution in [0.3, 0.4) is 0 Å². The summed E-state index contributed by atoms with van der Waals surface area (Å²) >= 11 is 1.93. The number of likely N-dealkylation sites (tertiary alicyclic amines) is 1. The number of nitrogens with one attached hydrogen (secondary N) is 1. The van der Waals surface area contributed by atoms with Gasteiger partial charge < -0.3 is 15.3 Å². The second-order valence-electron chi connectivity index (χ2n) is 5.79. The molecule has 1 amide bonds. The van der Waals surface area contributed by atoms with E-state index in [-0.39, 0.29) is 23.8 Å². The predicted octanol–water partition coefficient (Wildman–Crippen LogP) is 3.52. The van der Waals surface area contributed by atoms with E-state index in [0.717, 1.165) is 6.07 Å². The third-order valence-corrected chi connectivity index (χ3v) is 4.69. The molecule has 0 bridgehead atoms. The van der Waals surface area contributed by atoms with Gasteiger partial charge in [0, 0.05) is 29.2 Å². The van der Waals surface area contributed by atoms with Crippen LogP contribution >= 0.6 is 22.6 Å². The van der Waals surface area contributed by atoms with Gasteiger partial charge in [0.2, 0.25) is 0 Å². The lowest BCUT2D eigenvalue weighted by molar-refractivity contribution is 0.0362.